The Hall–Kier alpha value is -7.42. The van der Waals surface area contributed by atoms with E-state index >= 15 is 0 Å². The summed E-state index contributed by atoms with van der Waals surface area (Å²) in [6.45, 7) is 8.49. The monoisotopic (exact) mass is 732 g/mol. The predicted octanol–water partition coefficient (Wildman–Crippen LogP) is 11.3. The zero-order valence-electron chi connectivity index (χ0n) is 32.2. The first-order valence-electron chi connectivity index (χ1n) is 18.2. The van der Waals surface area contributed by atoms with Crippen molar-refractivity contribution in [3.8, 4) is 12.1 Å². The van der Waals surface area contributed by atoms with Gasteiger partial charge in [0, 0.05) is 24.9 Å². The molecule has 1 heterocycles. The van der Waals surface area contributed by atoms with Crippen LogP contribution in [0.25, 0.3) is 11.0 Å². The van der Waals surface area contributed by atoms with Gasteiger partial charge in [0.05, 0.1) is 58.0 Å². The van der Waals surface area contributed by atoms with E-state index in [2.05, 4.69) is 22.1 Å². The van der Waals surface area contributed by atoms with Crippen molar-refractivity contribution < 1.29 is 0 Å². The predicted molar refractivity (Wildman–Crippen MR) is 234 cm³/mol. The molecule has 0 unspecified atom stereocenters. The molecule has 4 aromatic rings. The van der Waals surface area contributed by atoms with Gasteiger partial charge >= 0.3 is 0 Å². The summed E-state index contributed by atoms with van der Waals surface area (Å²) >= 11 is 0. The van der Waals surface area contributed by atoms with Crippen LogP contribution in [0.3, 0.4) is 0 Å². The molecule has 3 aromatic carbocycles. The molecular formula is C48H44N8. The first-order chi connectivity index (χ1) is 27.5. The number of fused-ring (bicyclic) bond motifs is 1. The summed E-state index contributed by atoms with van der Waals surface area (Å²) in [6.07, 6.45) is 30.6. The maximum absolute atomic E-state index is 9.42. The van der Waals surface area contributed by atoms with Crippen molar-refractivity contribution in [1.82, 2.24) is 9.97 Å². The second-order valence-electron chi connectivity index (χ2n) is 11.9. The number of hydrogen-bond donors (Lipinski definition) is 0. The standard InChI is InChI=1S/C48H44N8/c1-5-15-37(39(17-7-3)27-31-53-43-21-11-9-19-41(43)33-49)25-29-51-35-47-48(56-46-24-14-13-23-45(46)55-47)36-52-30-26-38(16-6-2)40(18-8-4)28-32-54-44-22-12-10-20-42(44)34-50/h5-32H,35-36H2,1-4H3/b15-5-,16-6-,17-7-,18-8-,37-25+,38-26+,39-27-,40-28+,51-29?,52-30?,53-31?,54-32?. The summed E-state index contributed by atoms with van der Waals surface area (Å²) < 4.78 is 0. The van der Waals surface area contributed by atoms with Gasteiger partial charge in [-0.2, -0.15) is 10.5 Å². The lowest BCUT2D eigenvalue weighted by molar-refractivity contribution is 0.897. The van der Waals surface area contributed by atoms with E-state index in [1.54, 1.807) is 37.0 Å². The molecule has 0 radical (unpaired) electrons. The van der Waals surface area contributed by atoms with Crippen LogP contribution in [0.15, 0.2) is 188 Å². The Morgan fingerprint density at radius 1 is 0.500 bits per heavy atom. The topological polar surface area (TPSA) is 123 Å². The Morgan fingerprint density at radius 2 is 0.839 bits per heavy atom. The zero-order chi connectivity index (χ0) is 39.8. The highest BCUT2D eigenvalue weighted by Gasteiger charge is 2.08. The van der Waals surface area contributed by atoms with Crippen LogP contribution in [0.1, 0.15) is 50.2 Å². The molecule has 8 heteroatoms. The van der Waals surface area contributed by atoms with Crippen LogP contribution in [0.4, 0.5) is 11.4 Å². The van der Waals surface area contributed by atoms with Gasteiger partial charge in [0.1, 0.15) is 12.1 Å². The lowest BCUT2D eigenvalue weighted by Gasteiger charge is -2.06. The fraction of sp³-hybridized carbons (Fsp3) is 0.125. The van der Waals surface area contributed by atoms with Gasteiger partial charge in [-0.15, -0.1) is 0 Å². The first-order valence-corrected chi connectivity index (χ1v) is 18.2. The highest BCUT2D eigenvalue weighted by Crippen LogP contribution is 2.20. The summed E-state index contributed by atoms with van der Waals surface area (Å²) in [7, 11) is 0. The Morgan fingerprint density at radius 3 is 1.20 bits per heavy atom. The van der Waals surface area contributed by atoms with Gasteiger partial charge < -0.3 is 0 Å². The Labute approximate surface area is 330 Å². The summed E-state index contributed by atoms with van der Waals surface area (Å²) in [5, 5.41) is 18.8. The normalized spacial score (nSPS) is 13.7. The lowest BCUT2D eigenvalue weighted by atomic mass is 10.0. The molecular weight excluding hydrogens is 689 g/mol. The van der Waals surface area contributed by atoms with Crippen molar-refractivity contribution >= 4 is 47.3 Å². The van der Waals surface area contributed by atoms with E-state index in [0.29, 0.717) is 35.6 Å². The first kappa shape index (κ1) is 41.3. The van der Waals surface area contributed by atoms with Gasteiger partial charge in [0.25, 0.3) is 0 Å². The summed E-state index contributed by atoms with van der Waals surface area (Å²) in [6, 6.07) is 26.6. The van der Waals surface area contributed by atoms with Gasteiger partial charge in [-0.25, -0.2) is 9.97 Å². The number of benzene rings is 3. The van der Waals surface area contributed by atoms with E-state index in [1.807, 2.05) is 161 Å². The molecule has 0 N–H and O–H groups in total. The molecule has 4 rings (SSSR count). The minimum Gasteiger partial charge on any atom is -0.287 e. The maximum Gasteiger partial charge on any atom is 0.101 e. The lowest BCUT2D eigenvalue weighted by Crippen LogP contribution is -2.01. The molecule has 56 heavy (non-hydrogen) atoms. The molecule has 1 aromatic heterocycles. The molecule has 0 bridgehead atoms. The van der Waals surface area contributed by atoms with Gasteiger partial charge in [-0.3, -0.25) is 20.0 Å². The largest absolute Gasteiger partial charge is 0.287 e. The molecule has 276 valence electrons. The number of aromatic nitrogens is 2. The Kier molecular flexibility index (Phi) is 17.2. The van der Waals surface area contributed by atoms with Gasteiger partial charge in [-0.05, 0) is 111 Å². The van der Waals surface area contributed by atoms with Gasteiger partial charge in [0.15, 0.2) is 0 Å². The maximum atomic E-state index is 9.42. The third kappa shape index (κ3) is 12.6. The van der Waals surface area contributed by atoms with E-state index in [9.17, 15) is 10.5 Å². The molecule has 0 aliphatic carbocycles. The van der Waals surface area contributed by atoms with Gasteiger partial charge in [0.2, 0.25) is 0 Å². The smallest absolute Gasteiger partial charge is 0.101 e. The second-order valence-corrected chi connectivity index (χ2v) is 11.9. The highest BCUT2D eigenvalue weighted by molar-refractivity contribution is 5.83. The Bertz CT molecular complexity index is 2260. The van der Waals surface area contributed by atoms with Crippen molar-refractivity contribution in [1.29, 1.82) is 10.5 Å². The SMILES string of the molecule is C\C=C/C(=C/C=Nc1ccccc1C#N)C(/C=C\C)=C/C=NCc1nc2ccccc2nc1CN=C/C=C(\C=C/C)C(/C=C\C)=C/C=Nc1ccccc1C#N. The fourth-order valence-electron chi connectivity index (χ4n) is 5.34. The fourth-order valence-corrected chi connectivity index (χ4v) is 5.34. The number of nitrogens with zero attached hydrogens (tertiary/aromatic N) is 8. The quantitative estimate of drug-likeness (QED) is 0.0840. The average Bonchev–Trinajstić information content (AvgIpc) is 3.22. The van der Waals surface area contributed by atoms with Crippen LogP contribution in [-0.2, 0) is 13.1 Å². The van der Waals surface area contributed by atoms with E-state index in [4.69, 9.17) is 20.0 Å². The molecule has 0 spiro atoms. The molecule has 0 saturated heterocycles. The van der Waals surface area contributed by atoms with Gasteiger partial charge in [-0.1, -0.05) is 85.0 Å². The second kappa shape index (κ2) is 23.3. The summed E-state index contributed by atoms with van der Waals surface area (Å²) in [5.41, 5.74) is 9.10. The van der Waals surface area contributed by atoms with Crippen molar-refractivity contribution in [3.05, 3.63) is 191 Å². The van der Waals surface area contributed by atoms with Crippen LogP contribution < -0.4 is 0 Å². The molecule has 0 fully saturated rings. The molecule has 0 saturated carbocycles. The minimum atomic E-state index is 0.319. The number of para-hydroxylation sites is 4. The molecule has 0 amide bonds. The van der Waals surface area contributed by atoms with Crippen LogP contribution >= 0.6 is 0 Å². The Balaban J connectivity index is 1.58. The molecule has 0 aliphatic heterocycles. The highest BCUT2D eigenvalue weighted by atomic mass is 14.9. The number of hydrogen-bond acceptors (Lipinski definition) is 8. The van der Waals surface area contributed by atoms with E-state index in [0.717, 1.165) is 44.7 Å². The van der Waals surface area contributed by atoms with E-state index in [1.165, 1.54) is 0 Å². The van der Waals surface area contributed by atoms with Crippen molar-refractivity contribution in [3.63, 3.8) is 0 Å². The van der Waals surface area contributed by atoms with Crippen LogP contribution in [0.5, 0.6) is 0 Å². The molecule has 0 atom stereocenters. The number of allylic oxidation sites excluding steroid dienone is 16. The van der Waals surface area contributed by atoms with Crippen molar-refractivity contribution in [2.45, 2.75) is 40.8 Å². The van der Waals surface area contributed by atoms with E-state index in [-0.39, 0.29) is 0 Å². The zero-order valence-corrected chi connectivity index (χ0v) is 32.2. The average molecular weight is 733 g/mol. The molecule has 8 nitrogen and oxygen atoms in total. The third-order valence-electron chi connectivity index (χ3n) is 7.96. The summed E-state index contributed by atoms with van der Waals surface area (Å²) in [5.74, 6) is 0. The number of aliphatic imine (C=N–C) groups is 4. The van der Waals surface area contributed by atoms with Crippen molar-refractivity contribution in [2.24, 2.45) is 20.0 Å². The van der Waals surface area contributed by atoms with Crippen molar-refractivity contribution in [2.75, 3.05) is 0 Å². The number of nitriles is 2. The van der Waals surface area contributed by atoms with E-state index < -0.39 is 0 Å². The minimum absolute atomic E-state index is 0.319. The van der Waals surface area contributed by atoms with Crippen LogP contribution in [-0.4, -0.2) is 34.8 Å². The number of rotatable bonds is 16. The third-order valence-corrected chi connectivity index (χ3v) is 7.96. The van der Waals surface area contributed by atoms with Crippen LogP contribution in [0.2, 0.25) is 0 Å². The summed E-state index contributed by atoms with van der Waals surface area (Å²) in [4.78, 5) is 28.3. The molecule has 0 aliphatic rings. The van der Waals surface area contributed by atoms with Crippen LogP contribution in [0, 0.1) is 22.7 Å².